The Labute approximate surface area is 141 Å². The van der Waals surface area contributed by atoms with Crippen molar-refractivity contribution in [3.05, 3.63) is 82.9 Å². The Bertz CT molecular complexity index is 882. The quantitative estimate of drug-likeness (QED) is 0.577. The van der Waals surface area contributed by atoms with E-state index in [0.717, 1.165) is 16.4 Å². The summed E-state index contributed by atoms with van der Waals surface area (Å²) in [7, 11) is 0. The molecule has 0 amide bonds. The van der Waals surface area contributed by atoms with Gasteiger partial charge in [-0.05, 0) is 58.7 Å². The summed E-state index contributed by atoms with van der Waals surface area (Å²) in [6.45, 7) is 4.53. The third kappa shape index (κ3) is 2.32. The third-order valence-electron chi connectivity index (χ3n) is 4.70. The van der Waals surface area contributed by atoms with Gasteiger partial charge in [0.1, 0.15) is 0 Å². The number of benzene rings is 3. The molecule has 0 saturated carbocycles. The highest BCUT2D eigenvalue weighted by molar-refractivity contribution is 6.30. The lowest BCUT2D eigenvalue weighted by Crippen LogP contribution is -2.15. The Morgan fingerprint density at radius 3 is 2.13 bits per heavy atom. The van der Waals surface area contributed by atoms with Gasteiger partial charge in [-0.2, -0.15) is 0 Å². The van der Waals surface area contributed by atoms with Crippen LogP contribution in [-0.2, 0) is 5.41 Å². The van der Waals surface area contributed by atoms with Crippen molar-refractivity contribution in [3.63, 3.8) is 0 Å². The van der Waals surface area contributed by atoms with Gasteiger partial charge >= 0.3 is 0 Å². The van der Waals surface area contributed by atoms with Crippen molar-refractivity contribution in [1.29, 1.82) is 0 Å². The summed E-state index contributed by atoms with van der Waals surface area (Å²) in [5.74, 6) is 0. The van der Waals surface area contributed by atoms with Crippen LogP contribution < -0.4 is 5.32 Å². The molecule has 1 nitrogen and oxygen atoms in total. The maximum Gasteiger partial charge on any atom is 0.0409 e. The van der Waals surface area contributed by atoms with E-state index in [4.69, 9.17) is 11.6 Å². The van der Waals surface area contributed by atoms with Gasteiger partial charge in [0.2, 0.25) is 0 Å². The zero-order chi connectivity index (χ0) is 16.0. The summed E-state index contributed by atoms with van der Waals surface area (Å²) in [5.41, 5.74) is 7.42. The Morgan fingerprint density at radius 2 is 1.39 bits per heavy atom. The second-order valence-electron chi connectivity index (χ2n) is 6.57. The fourth-order valence-electron chi connectivity index (χ4n) is 3.48. The minimum absolute atomic E-state index is 0.0378. The SMILES string of the molecule is CC1(C)c2cc(Cl)ccc2-c2ccc(Nc3ccccc3)cc21. The Hall–Kier alpha value is -2.25. The second kappa shape index (κ2) is 5.14. The first-order valence-electron chi connectivity index (χ1n) is 7.83. The van der Waals surface area contributed by atoms with Crippen LogP contribution in [0.5, 0.6) is 0 Å². The minimum Gasteiger partial charge on any atom is -0.356 e. The lowest BCUT2D eigenvalue weighted by molar-refractivity contribution is 0.660. The van der Waals surface area contributed by atoms with Crippen molar-refractivity contribution in [2.45, 2.75) is 19.3 Å². The summed E-state index contributed by atoms with van der Waals surface area (Å²) in [5, 5.41) is 4.28. The van der Waals surface area contributed by atoms with Crippen LogP contribution in [-0.4, -0.2) is 0 Å². The third-order valence-corrected chi connectivity index (χ3v) is 4.94. The molecule has 0 saturated heterocycles. The first-order chi connectivity index (χ1) is 11.1. The largest absolute Gasteiger partial charge is 0.356 e. The monoisotopic (exact) mass is 319 g/mol. The van der Waals surface area contributed by atoms with Crippen LogP contribution in [0.1, 0.15) is 25.0 Å². The van der Waals surface area contributed by atoms with Crippen LogP contribution >= 0.6 is 11.6 Å². The highest BCUT2D eigenvalue weighted by Gasteiger charge is 2.35. The molecule has 0 spiro atoms. The van der Waals surface area contributed by atoms with E-state index in [1.54, 1.807) is 0 Å². The van der Waals surface area contributed by atoms with Gasteiger partial charge in [0, 0.05) is 21.8 Å². The minimum atomic E-state index is -0.0378. The Kier molecular flexibility index (Phi) is 3.21. The molecular weight excluding hydrogens is 302 g/mol. The van der Waals surface area contributed by atoms with E-state index in [0.29, 0.717) is 0 Å². The molecule has 0 fully saturated rings. The number of halogens is 1. The standard InChI is InChI=1S/C21H18ClN/c1-21(2)19-12-14(22)8-10-17(19)18-11-9-16(13-20(18)21)23-15-6-4-3-5-7-15/h3-13,23H,1-2H3. The second-order valence-corrected chi connectivity index (χ2v) is 7.00. The van der Waals surface area contributed by atoms with Crippen molar-refractivity contribution in [2.75, 3.05) is 5.32 Å². The van der Waals surface area contributed by atoms with E-state index in [9.17, 15) is 0 Å². The van der Waals surface area contributed by atoms with Crippen LogP contribution in [0.15, 0.2) is 66.7 Å². The zero-order valence-electron chi connectivity index (χ0n) is 13.2. The highest BCUT2D eigenvalue weighted by atomic mass is 35.5. The van der Waals surface area contributed by atoms with E-state index >= 15 is 0 Å². The predicted octanol–water partition coefficient (Wildman–Crippen LogP) is 6.39. The average Bonchev–Trinajstić information content (AvgIpc) is 2.76. The Morgan fingerprint density at radius 1 is 0.739 bits per heavy atom. The first-order valence-corrected chi connectivity index (χ1v) is 8.20. The van der Waals surface area contributed by atoms with Crippen molar-refractivity contribution < 1.29 is 0 Å². The van der Waals surface area contributed by atoms with Crippen molar-refractivity contribution in [2.24, 2.45) is 0 Å². The molecule has 0 aliphatic heterocycles. The number of rotatable bonds is 2. The van der Waals surface area contributed by atoms with Crippen molar-refractivity contribution >= 4 is 23.0 Å². The lowest BCUT2D eigenvalue weighted by Gasteiger charge is -2.22. The molecule has 0 bridgehead atoms. The van der Waals surface area contributed by atoms with Crippen LogP contribution in [0.2, 0.25) is 5.02 Å². The molecule has 0 aromatic heterocycles. The number of hydrogen-bond donors (Lipinski definition) is 1. The predicted molar refractivity (Wildman–Crippen MR) is 98.7 cm³/mol. The van der Waals surface area contributed by atoms with Crippen LogP contribution in [0.4, 0.5) is 11.4 Å². The summed E-state index contributed by atoms with van der Waals surface area (Å²) in [6.07, 6.45) is 0. The fraction of sp³-hybridized carbons (Fsp3) is 0.143. The van der Waals surface area contributed by atoms with Gasteiger partial charge in [0.05, 0.1) is 0 Å². The molecular formula is C21H18ClN. The van der Waals surface area contributed by atoms with E-state index in [1.165, 1.54) is 22.3 Å². The fourth-order valence-corrected chi connectivity index (χ4v) is 3.65. The number of fused-ring (bicyclic) bond motifs is 3. The van der Waals surface area contributed by atoms with Gasteiger partial charge in [-0.15, -0.1) is 0 Å². The first kappa shape index (κ1) is 14.3. The van der Waals surface area contributed by atoms with E-state index in [1.807, 2.05) is 24.3 Å². The molecule has 3 aromatic rings. The van der Waals surface area contributed by atoms with Gasteiger partial charge in [-0.3, -0.25) is 0 Å². The van der Waals surface area contributed by atoms with Crippen molar-refractivity contribution in [3.8, 4) is 11.1 Å². The van der Waals surface area contributed by atoms with E-state index < -0.39 is 0 Å². The molecule has 3 aromatic carbocycles. The van der Waals surface area contributed by atoms with E-state index in [-0.39, 0.29) is 5.41 Å². The van der Waals surface area contributed by atoms with Gasteiger partial charge in [0.15, 0.2) is 0 Å². The summed E-state index contributed by atoms with van der Waals surface area (Å²) < 4.78 is 0. The Balaban J connectivity index is 1.79. The van der Waals surface area contributed by atoms with Crippen molar-refractivity contribution in [1.82, 2.24) is 0 Å². The number of para-hydroxylation sites is 1. The van der Waals surface area contributed by atoms with Crippen LogP contribution in [0.25, 0.3) is 11.1 Å². The zero-order valence-corrected chi connectivity index (χ0v) is 14.0. The maximum absolute atomic E-state index is 6.22. The normalized spacial score (nSPS) is 14.2. The molecule has 0 unspecified atom stereocenters. The molecule has 4 rings (SSSR count). The van der Waals surface area contributed by atoms with Crippen LogP contribution in [0, 0.1) is 0 Å². The lowest BCUT2D eigenvalue weighted by atomic mass is 9.82. The molecule has 1 N–H and O–H groups in total. The number of nitrogens with one attached hydrogen (secondary N) is 1. The molecule has 23 heavy (non-hydrogen) atoms. The molecule has 0 radical (unpaired) electrons. The van der Waals surface area contributed by atoms with E-state index in [2.05, 4.69) is 61.6 Å². The van der Waals surface area contributed by atoms with Gasteiger partial charge in [-0.25, -0.2) is 0 Å². The van der Waals surface area contributed by atoms with Gasteiger partial charge in [0.25, 0.3) is 0 Å². The summed E-state index contributed by atoms with van der Waals surface area (Å²) >= 11 is 6.22. The maximum atomic E-state index is 6.22. The average molecular weight is 320 g/mol. The molecule has 0 atom stereocenters. The number of hydrogen-bond acceptors (Lipinski definition) is 1. The van der Waals surface area contributed by atoms with Gasteiger partial charge < -0.3 is 5.32 Å². The molecule has 0 heterocycles. The molecule has 1 aliphatic rings. The smallest absolute Gasteiger partial charge is 0.0409 e. The number of anilines is 2. The van der Waals surface area contributed by atoms with Crippen LogP contribution in [0.3, 0.4) is 0 Å². The summed E-state index contributed by atoms with van der Waals surface area (Å²) in [6, 6.07) is 23.1. The summed E-state index contributed by atoms with van der Waals surface area (Å²) in [4.78, 5) is 0. The topological polar surface area (TPSA) is 12.0 Å². The molecule has 114 valence electrons. The highest BCUT2D eigenvalue weighted by Crippen LogP contribution is 2.50. The molecule has 1 aliphatic carbocycles. The van der Waals surface area contributed by atoms with Gasteiger partial charge in [-0.1, -0.05) is 55.8 Å². The molecule has 2 heteroatoms.